The predicted molar refractivity (Wildman–Crippen MR) is 28.0 cm³/mol. The van der Waals surface area contributed by atoms with Crippen molar-refractivity contribution in [2.75, 3.05) is 0 Å². The Balaban J connectivity index is 2.90. The summed E-state index contributed by atoms with van der Waals surface area (Å²) in [7, 11) is 0. The third-order valence-corrected chi connectivity index (χ3v) is 1.34. The largest absolute Gasteiger partial charge is 0.509 e. The molecule has 0 amide bonds. The van der Waals surface area contributed by atoms with E-state index in [-0.39, 0.29) is 23.2 Å². The third kappa shape index (κ3) is 0.358. The van der Waals surface area contributed by atoms with Gasteiger partial charge in [0.15, 0.2) is 5.78 Å². The first-order chi connectivity index (χ1) is 3.64. The summed E-state index contributed by atoms with van der Waals surface area (Å²) < 4.78 is 0. The van der Waals surface area contributed by atoms with Crippen LogP contribution in [0.25, 0.3) is 0 Å². The van der Waals surface area contributed by atoms with Crippen LogP contribution in [0.3, 0.4) is 0 Å². The lowest BCUT2D eigenvalue weighted by Crippen LogP contribution is -2.33. The third-order valence-electron chi connectivity index (χ3n) is 1.34. The second-order valence-corrected chi connectivity index (χ2v) is 1.88. The Hall–Kier alpha value is -0.990. The number of carbonyl (C=O) groups is 1. The molecule has 8 heavy (non-hydrogen) atoms. The fourth-order valence-electron chi connectivity index (χ4n) is 0.639. The zero-order chi connectivity index (χ0) is 6.31. The molecule has 0 radical (unpaired) electrons. The summed E-state index contributed by atoms with van der Waals surface area (Å²) in [6, 6.07) is 0. The number of Topliss-reactive ketones (excluding diaryl/α,β-unsaturated/α-hetero) is 1. The maximum atomic E-state index is 10.4. The van der Waals surface area contributed by atoms with Crippen molar-refractivity contribution in [3.05, 3.63) is 11.5 Å². The first-order valence-electron chi connectivity index (χ1n) is 2.37. The number of hydrogen-bond donors (Lipinski definition) is 2. The minimum absolute atomic E-state index is 0.0255. The summed E-state index contributed by atoms with van der Waals surface area (Å²) in [6.07, 6.45) is 0. The van der Waals surface area contributed by atoms with Crippen molar-refractivity contribution in [1.82, 2.24) is 0 Å². The van der Waals surface area contributed by atoms with E-state index in [1.807, 2.05) is 0 Å². The van der Waals surface area contributed by atoms with E-state index in [9.17, 15) is 4.79 Å². The predicted octanol–water partition coefficient (Wildman–Crippen LogP) is -0.0665. The molecule has 0 heterocycles. The number of rotatable bonds is 0. The molecule has 44 valence electrons. The van der Waals surface area contributed by atoms with Crippen molar-refractivity contribution < 1.29 is 9.90 Å². The van der Waals surface area contributed by atoms with Gasteiger partial charge in [0.1, 0.15) is 11.5 Å². The molecule has 0 bridgehead atoms. The highest BCUT2D eigenvalue weighted by Crippen LogP contribution is 2.23. The SMILES string of the molecule is CC1C(=O)C(N)=C1O. The maximum absolute atomic E-state index is 10.4. The summed E-state index contributed by atoms with van der Waals surface area (Å²) in [5.74, 6) is -0.465. The van der Waals surface area contributed by atoms with E-state index in [2.05, 4.69) is 0 Å². The zero-order valence-electron chi connectivity index (χ0n) is 4.51. The molecule has 1 aliphatic rings. The van der Waals surface area contributed by atoms with E-state index in [0.717, 1.165) is 0 Å². The van der Waals surface area contributed by atoms with Gasteiger partial charge >= 0.3 is 0 Å². The van der Waals surface area contributed by atoms with Gasteiger partial charge in [-0.05, 0) is 6.92 Å². The Kier molecular flexibility index (Phi) is 0.802. The van der Waals surface area contributed by atoms with Gasteiger partial charge in [0, 0.05) is 0 Å². The molecule has 1 rings (SSSR count). The number of hydrogen-bond acceptors (Lipinski definition) is 3. The lowest BCUT2D eigenvalue weighted by atomic mass is 9.89. The molecule has 0 fully saturated rings. The fraction of sp³-hybridized carbons (Fsp3) is 0.400. The maximum Gasteiger partial charge on any atom is 0.192 e. The molecule has 1 aliphatic carbocycles. The van der Waals surface area contributed by atoms with E-state index in [1.54, 1.807) is 6.92 Å². The fourth-order valence-corrected chi connectivity index (χ4v) is 0.639. The number of carbonyl (C=O) groups excluding carboxylic acids is 1. The van der Waals surface area contributed by atoms with Gasteiger partial charge in [-0.15, -0.1) is 0 Å². The first-order valence-corrected chi connectivity index (χ1v) is 2.37. The van der Waals surface area contributed by atoms with Gasteiger partial charge in [-0.2, -0.15) is 0 Å². The highest BCUT2D eigenvalue weighted by molar-refractivity contribution is 6.04. The summed E-state index contributed by atoms with van der Waals surface area (Å²) in [5.41, 5.74) is 5.06. The molecule has 0 saturated carbocycles. The Morgan fingerprint density at radius 3 is 2.38 bits per heavy atom. The van der Waals surface area contributed by atoms with Crippen LogP contribution in [0.4, 0.5) is 0 Å². The average Bonchev–Trinajstić information content (AvgIpc) is 1.83. The van der Waals surface area contributed by atoms with Crippen molar-refractivity contribution in [2.24, 2.45) is 11.7 Å². The van der Waals surface area contributed by atoms with Crippen LogP contribution in [-0.2, 0) is 4.79 Å². The molecular formula is C5H7NO2. The van der Waals surface area contributed by atoms with Crippen LogP contribution in [-0.4, -0.2) is 10.9 Å². The van der Waals surface area contributed by atoms with E-state index in [4.69, 9.17) is 10.8 Å². The van der Waals surface area contributed by atoms with Gasteiger partial charge in [0.05, 0.1) is 5.92 Å². The topological polar surface area (TPSA) is 63.3 Å². The lowest BCUT2D eigenvalue weighted by molar-refractivity contribution is -0.121. The lowest BCUT2D eigenvalue weighted by Gasteiger charge is -2.20. The Bertz CT molecular complexity index is 171. The summed E-state index contributed by atoms with van der Waals surface area (Å²) in [4.78, 5) is 10.4. The van der Waals surface area contributed by atoms with Crippen LogP contribution in [0.5, 0.6) is 0 Å². The number of nitrogens with two attached hydrogens (primary N) is 1. The van der Waals surface area contributed by atoms with Crippen LogP contribution in [0.2, 0.25) is 0 Å². The molecule has 0 saturated heterocycles. The Morgan fingerprint density at radius 2 is 2.25 bits per heavy atom. The molecule has 3 nitrogen and oxygen atoms in total. The summed E-state index contributed by atoms with van der Waals surface area (Å²) in [6.45, 7) is 1.62. The molecule has 0 aromatic heterocycles. The summed E-state index contributed by atoms with van der Waals surface area (Å²) in [5, 5.41) is 8.69. The highest BCUT2D eigenvalue weighted by atomic mass is 16.3. The number of allylic oxidation sites excluding steroid dienone is 2. The Labute approximate surface area is 46.8 Å². The van der Waals surface area contributed by atoms with Crippen molar-refractivity contribution in [3.8, 4) is 0 Å². The van der Waals surface area contributed by atoms with Gasteiger partial charge in [-0.1, -0.05) is 0 Å². The van der Waals surface area contributed by atoms with Crippen LogP contribution >= 0.6 is 0 Å². The zero-order valence-corrected chi connectivity index (χ0v) is 4.51. The summed E-state index contributed by atoms with van der Waals surface area (Å²) >= 11 is 0. The molecule has 1 unspecified atom stereocenters. The van der Waals surface area contributed by atoms with Crippen molar-refractivity contribution in [3.63, 3.8) is 0 Å². The minimum atomic E-state index is -0.352. The van der Waals surface area contributed by atoms with Crippen molar-refractivity contribution in [2.45, 2.75) is 6.92 Å². The smallest absolute Gasteiger partial charge is 0.192 e. The van der Waals surface area contributed by atoms with Crippen LogP contribution in [0.1, 0.15) is 6.92 Å². The quantitative estimate of drug-likeness (QED) is 0.462. The molecule has 3 N–H and O–H groups in total. The van der Waals surface area contributed by atoms with E-state index in [1.165, 1.54) is 0 Å². The van der Waals surface area contributed by atoms with E-state index < -0.39 is 0 Å². The molecule has 1 atom stereocenters. The number of aliphatic hydroxyl groups excluding tert-OH is 1. The van der Waals surface area contributed by atoms with Crippen molar-refractivity contribution in [1.29, 1.82) is 0 Å². The van der Waals surface area contributed by atoms with Crippen molar-refractivity contribution >= 4 is 5.78 Å². The monoisotopic (exact) mass is 113 g/mol. The molecule has 3 heteroatoms. The molecular weight excluding hydrogens is 106 g/mol. The Morgan fingerprint density at radius 1 is 1.75 bits per heavy atom. The van der Waals surface area contributed by atoms with Crippen LogP contribution in [0, 0.1) is 5.92 Å². The second-order valence-electron chi connectivity index (χ2n) is 1.88. The highest BCUT2D eigenvalue weighted by Gasteiger charge is 2.33. The van der Waals surface area contributed by atoms with Gasteiger partial charge in [-0.25, -0.2) is 0 Å². The number of ketones is 1. The van der Waals surface area contributed by atoms with Crippen LogP contribution in [0.15, 0.2) is 11.5 Å². The molecule has 0 aliphatic heterocycles. The van der Waals surface area contributed by atoms with Crippen LogP contribution < -0.4 is 5.73 Å². The average molecular weight is 113 g/mol. The van der Waals surface area contributed by atoms with E-state index >= 15 is 0 Å². The van der Waals surface area contributed by atoms with Gasteiger partial charge < -0.3 is 10.8 Å². The standard InChI is InChI=1S/C5H7NO2/c1-2-4(7)3(6)5(2)8/h2,7H,6H2,1H3. The van der Waals surface area contributed by atoms with Gasteiger partial charge in [-0.3, -0.25) is 4.79 Å². The first kappa shape index (κ1) is 5.15. The molecule has 0 aromatic rings. The molecule has 0 spiro atoms. The minimum Gasteiger partial charge on any atom is -0.509 e. The molecule has 0 aromatic carbocycles. The van der Waals surface area contributed by atoms with Gasteiger partial charge in [0.2, 0.25) is 0 Å². The second kappa shape index (κ2) is 1.24. The van der Waals surface area contributed by atoms with Gasteiger partial charge in [0.25, 0.3) is 0 Å². The van der Waals surface area contributed by atoms with E-state index in [0.29, 0.717) is 0 Å². The normalized spacial score (nSPS) is 28.1. The number of aliphatic hydroxyl groups is 1.